The normalized spacial score (nSPS) is 18.0. The highest BCUT2D eigenvalue weighted by molar-refractivity contribution is 6.14. The molecule has 1 fully saturated rings. The number of pyridine rings is 2. The van der Waals surface area contributed by atoms with Crippen molar-refractivity contribution in [3.63, 3.8) is 0 Å². The number of nitrogens with zero attached hydrogens (tertiary/aromatic N) is 3. The highest BCUT2D eigenvalue weighted by Gasteiger charge is 2.24. The first-order valence-corrected chi connectivity index (χ1v) is 10.00. The van der Waals surface area contributed by atoms with Crippen LogP contribution in [0.15, 0.2) is 84.2 Å². The molecule has 0 N–H and O–H groups in total. The molecule has 30 heavy (non-hydrogen) atoms. The first kappa shape index (κ1) is 18.4. The van der Waals surface area contributed by atoms with Gasteiger partial charge in [0.2, 0.25) is 0 Å². The SMILES string of the molecule is CN1C/C(=C\c2ccc3ncccc3c2)C(=O)/C(=C/c2ccc3ncccc3c2)C1. The Balaban J connectivity index is 1.50. The molecule has 3 heterocycles. The van der Waals surface area contributed by atoms with Crippen LogP contribution in [0.4, 0.5) is 0 Å². The molecule has 1 saturated heterocycles. The standard InChI is InChI=1S/C26H21N3O/c1-29-16-22(14-18-6-8-24-20(12-18)4-2-10-27-24)26(30)23(17-29)15-19-7-9-25-21(13-19)5-3-11-28-25/h2-15H,16-17H2,1H3/b22-14+,23-15+. The van der Waals surface area contributed by atoms with Crippen LogP contribution in [0.2, 0.25) is 0 Å². The van der Waals surface area contributed by atoms with Crippen molar-refractivity contribution in [1.29, 1.82) is 0 Å². The fourth-order valence-corrected chi connectivity index (χ4v) is 3.98. The fourth-order valence-electron chi connectivity index (χ4n) is 3.98. The van der Waals surface area contributed by atoms with Crippen molar-refractivity contribution >= 4 is 39.7 Å². The largest absolute Gasteiger partial charge is 0.298 e. The maximum Gasteiger partial charge on any atom is 0.187 e. The topological polar surface area (TPSA) is 46.1 Å². The van der Waals surface area contributed by atoms with Crippen molar-refractivity contribution in [2.45, 2.75) is 0 Å². The van der Waals surface area contributed by atoms with Gasteiger partial charge in [-0.25, -0.2) is 0 Å². The summed E-state index contributed by atoms with van der Waals surface area (Å²) in [5.74, 6) is 0.116. The van der Waals surface area contributed by atoms with Crippen molar-refractivity contribution in [3.8, 4) is 0 Å². The molecule has 0 aliphatic carbocycles. The number of piperidine rings is 1. The molecule has 0 bridgehead atoms. The third-order valence-corrected chi connectivity index (χ3v) is 5.40. The Bertz CT molecular complexity index is 1240. The molecule has 4 aromatic rings. The number of likely N-dealkylation sites (tertiary alicyclic amines) is 1. The number of aromatic nitrogens is 2. The zero-order chi connectivity index (χ0) is 20.5. The van der Waals surface area contributed by atoms with Crippen LogP contribution >= 0.6 is 0 Å². The maximum absolute atomic E-state index is 13.2. The van der Waals surface area contributed by atoms with E-state index in [2.05, 4.69) is 27.0 Å². The Morgan fingerprint density at radius 2 is 1.27 bits per heavy atom. The molecular weight excluding hydrogens is 370 g/mol. The lowest BCUT2D eigenvalue weighted by Crippen LogP contribution is -2.34. The molecule has 0 atom stereocenters. The van der Waals surface area contributed by atoms with E-state index in [1.54, 1.807) is 12.4 Å². The minimum atomic E-state index is 0.116. The minimum absolute atomic E-state index is 0.116. The maximum atomic E-state index is 13.2. The van der Waals surface area contributed by atoms with Gasteiger partial charge in [0.1, 0.15) is 0 Å². The Labute approximate surface area is 175 Å². The third kappa shape index (κ3) is 3.65. The first-order chi connectivity index (χ1) is 14.7. The molecule has 2 aromatic heterocycles. The highest BCUT2D eigenvalue weighted by atomic mass is 16.1. The molecule has 2 aromatic carbocycles. The number of carbonyl (C=O) groups is 1. The lowest BCUT2D eigenvalue weighted by molar-refractivity contribution is -0.113. The molecule has 1 aliphatic rings. The molecule has 4 heteroatoms. The van der Waals surface area contributed by atoms with E-state index in [1.165, 1.54) is 0 Å². The van der Waals surface area contributed by atoms with Gasteiger partial charge < -0.3 is 0 Å². The molecular formula is C26H21N3O. The Morgan fingerprint density at radius 1 is 0.767 bits per heavy atom. The average Bonchev–Trinajstić information content (AvgIpc) is 2.77. The van der Waals surface area contributed by atoms with Crippen molar-refractivity contribution in [3.05, 3.63) is 95.3 Å². The number of hydrogen-bond donors (Lipinski definition) is 0. The lowest BCUT2D eigenvalue weighted by atomic mass is 9.94. The molecule has 0 amide bonds. The van der Waals surface area contributed by atoms with Crippen LogP contribution in [0.5, 0.6) is 0 Å². The van der Waals surface area contributed by atoms with E-state index in [-0.39, 0.29) is 5.78 Å². The Morgan fingerprint density at radius 3 is 1.77 bits per heavy atom. The second-order valence-electron chi connectivity index (χ2n) is 7.75. The van der Waals surface area contributed by atoms with E-state index in [1.807, 2.05) is 67.7 Å². The van der Waals surface area contributed by atoms with Crippen LogP contribution in [-0.2, 0) is 4.79 Å². The summed E-state index contributed by atoms with van der Waals surface area (Å²) in [6, 6.07) is 20.1. The van der Waals surface area contributed by atoms with E-state index in [0.717, 1.165) is 44.1 Å². The fraction of sp³-hybridized carbons (Fsp3) is 0.115. The molecule has 4 nitrogen and oxygen atoms in total. The van der Waals surface area contributed by atoms with Crippen LogP contribution in [0.25, 0.3) is 34.0 Å². The predicted molar refractivity (Wildman–Crippen MR) is 122 cm³/mol. The zero-order valence-corrected chi connectivity index (χ0v) is 16.7. The lowest BCUT2D eigenvalue weighted by Gasteiger charge is -2.26. The Kier molecular flexibility index (Phi) is 4.69. The van der Waals surface area contributed by atoms with Gasteiger partial charge in [0.25, 0.3) is 0 Å². The van der Waals surface area contributed by atoms with Crippen LogP contribution in [-0.4, -0.2) is 40.8 Å². The van der Waals surface area contributed by atoms with Gasteiger partial charge in [0, 0.05) is 47.4 Å². The number of carbonyl (C=O) groups excluding carboxylic acids is 1. The number of rotatable bonds is 2. The average molecular weight is 391 g/mol. The van der Waals surface area contributed by atoms with Gasteiger partial charge in [0.15, 0.2) is 5.78 Å². The van der Waals surface area contributed by atoms with Crippen LogP contribution < -0.4 is 0 Å². The molecule has 0 spiro atoms. The quantitative estimate of drug-likeness (QED) is 0.462. The summed E-state index contributed by atoms with van der Waals surface area (Å²) in [4.78, 5) is 24.1. The van der Waals surface area contributed by atoms with Gasteiger partial charge in [-0.1, -0.05) is 24.3 Å². The smallest absolute Gasteiger partial charge is 0.187 e. The van der Waals surface area contributed by atoms with Gasteiger partial charge >= 0.3 is 0 Å². The van der Waals surface area contributed by atoms with E-state index in [4.69, 9.17) is 0 Å². The number of ketones is 1. The molecule has 0 radical (unpaired) electrons. The highest BCUT2D eigenvalue weighted by Crippen LogP contribution is 2.23. The van der Waals surface area contributed by atoms with Crippen LogP contribution in [0, 0.1) is 0 Å². The van der Waals surface area contributed by atoms with Gasteiger partial charge in [-0.2, -0.15) is 0 Å². The molecule has 5 rings (SSSR count). The van der Waals surface area contributed by atoms with Crippen molar-refractivity contribution < 1.29 is 4.79 Å². The summed E-state index contributed by atoms with van der Waals surface area (Å²) >= 11 is 0. The molecule has 146 valence electrons. The summed E-state index contributed by atoms with van der Waals surface area (Å²) in [6.07, 6.45) is 7.59. The predicted octanol–water partition coefficient (Wildman–Crippen LogP) is 4.76. The van der Waals surface area contributed by atoms with Gasteiger partial charge in [-0.3, -0.25) is 19.7 Å². The number of fused-ring (bicyclic) bond motifs is 2. The van der Waals surface area contributed by atoms with E-state index < -0.39 is 0 Å². The summed E-state index contributed by atoms with van der Waals surface area (Å²) < 4.78 is 0. The second-order valence-corrected chi connectivity index (χ2v) is 7.75. The summed E-state index contributed by atoms with van der Waals surface area (Å²) in [7, 11) is 2.04. The van der Waals surface area contributed by atoms with Gasteiger partial charge in [-0.15, -0.1) is 0 Å². The molecule has 1 aliphatic heterocycles. The summed E-state index contributed by atoms with van der Waals surface area (Å²) in [5, 5.41) is 2.15. The van der Waals surface area contributed by atoms with Gasteiger partial charge in [-0.05, 0) is 66.7 Å². The molecule has 0 saturated carbocycles. The van der Waals surface area contributed by atoms with Crippen molar-refractivity contribution in [2.75, 3.05) is 20.1 Å². The van der Waals surface area contributed by atoms with Crippen LogP contribution in [0.3, 0.4) is 0 Å². The van der Waals surface area contributed by atoms with E-state index in [0.29, 0.717) is 13.1 Å². The second kappa shape index (κ2) is 7.65. The number of Topliss-reactive ketones (excluding diaryl/α,β-unsaturated/α-hetero) is 1. The number of hydrogen-bond acceptors (Lipinski definition) is 4. The zero-order valence-electron chi connectivity index (χ0n) is 16.7. The van der Waals surface area contributed by atoms with Crippen molar-refractivity contribution in [1.82, 2.24) is 14.9 Å². The molecule has 0 unspecified atom stereocenters. The number of likely N-dealkylation sites (N-methyl/N-ethyl adjacent to an activating group) is 1. The first-order valence-electron chi connectivity index (χ1n) is 10.00. The van der Waals surface area contributed by atoms with Gasteiger partial charge in [0.05, 0.1) is 11.0 Å². The third-order valence-electron chi connectivity index (χ3n) is 5.40. The van der Waals surface area contributed by atoms with E-state index >= 15 is 0 Å². The summed E-state index contributed by atoms with van der Waals surface area (Å²) in [6.45, 7) is 1.28. The Hall–Kier alpha value is -3.63. The van der Waals surface area contributed by atoms with E-state index in [9.17, 15) is 4.79 Å². The summed E-state index contributed by atoms with van der Waals surface area (Å²) in [5.41, 5.74) is 5.56. The van der Waals surface area contributed by atoms with Crippen LogP contribution in [0.1, 0.15) is 11.1 Å². The number of benzene rings is 2. The monoisotopic (exact) mass is 391 g/mol. The van der Waals surface area contributed by atoms with Crippen molar-refractivity contribution in [2.24, 2.45) is 0 Å². The minimum Gasteiger partial charge on any atom is -0.298 e.